The summed E-state index contributed by atoms with van der Waals surface area (Å²) in [4.78, 5) is 23.2. The first kappa shape index (κ1) is 19.4. The highest BCUT2D eigenvalue weighted by molar-refractivity contribution is 5.92. The summed E-state index contributed by atoms with van der Waals surface area (Å²) >= 11 is 0. The Kier molecular flexibility index (Phi) is 6.22. The third-order valence-electron chi connectivity index (χ3n) is 4.30. The van der Waals surface area contributed by atoms with Crippen LogP contribution in [0.25, 0.3) is 0 Å². The largest absolute Gasteiger partial charge is 0.497 e. The molecule has 0 spiro atoms. The number of carbonyl (C=O) groups is 1. The second-order valence-corrected chi connectivity index (χ2v) is 6.53. The molecule has 28 heavy (non-hydrogen) atoms. The normalized spacial score (nSPS) is 10.4. The molecule has 0 aliphatic rings. The summed E-state index contributed by atoms with van der Waals surface area (Å²) < 4.78 is 5.17. The number of nitrogens with one attached hydrogen (secondary N) is 1. The quantitative estimate of drug-likeness (QED) is 0.681. The average molecular weight is 376 g/mol. The number of carbonyl (C=O) groups excluding carboxylic acids is 1. The summed E-state index contributed by atoms with van der Waals surface area (Å²) in [6.45, 7) is 2.90. The van der Waals surface area contributed by atoms with Gasteiger partial charge in [-0.25, -0.2) is 9.97 Å². The maximum Gasteiger partial charge on any atom is 0.272 e. The summed E-state index contributed by atoms with van der Waals surface area (Å²) in [5, 5.41) is 3.26. The maximum absolute atomic E-state index is 12.8. The van der Waals surface area contributed by atoms with Crippen LogP contribution in [0.4, 0.5) is 5.82 Å². The van der Waals surface area contributed by atoms with Crippen molar-refractivity contribution in [3.05, 3.63) is 83.3 Å². The highest BCUT2D eigenvalue weighted by Gasteiger charge is 2.15. The standard InChI is InChI=1S/C22H24N4O2/c1-16-24-20(22(27)26(2)15-18-7-5-4-6-8-18)13-21(25-16)23-14-17-9-11-19(28-3)12-10-17/h4-13H,14-15H2,1-3H3,(H,23,24,25). The summed E-state index contributed by atoms with van der Waals surface area (Å²) in [7, 11) is 3.42. The van der Waals surface area contributed by atoms with E-state index in [2.05, 4.69) is 15.3 Å². The number of aromatic nitrogens is 2. The summed E-state index contributed by atoms with van der Waals surface area (Å²) in [6, 6.07) is 19.4. The monoisotopic (exact) mass is 376 g/mol. The summed E-state index contributed by atoms with van der Waals surface area (Å²) in [5.41, 5.74) is 2.54. The van der Waals surface area contributed by atoms with Gasteiger partial charge >= 0.3 is 0 Å². The van der Waals surface area contributed by atoms with Crippen LogP contribution in [0.1, 0.15) is 27.4 Å². The van der Waals surface area contributed by atoms with Crippen molar-refractivity contribution in [2.75, 3.05) is 19.5 Å². The Morgan fingerprint density at radius 2 is 1.75 bits per heavy atom. The Morgan fingerprint density at radius 3 is 2.43 bits per heavy atom. The van der Waals surface area contributed by atoms with Crippen molar-refractivity contribution in [3.8, 4) is 5.75 Å². The molecule has 0 unspecified atom stereocenters. The number of anilines is 1. The molecule has 1 amide bonds. The fraction of sp³-hybridized carbons (Fsp3) is 0.227. The molecule has 0 aliphatic carbocycles. The van der Waals surface area contributed by atoms with Gasteiger partial charge in [0.05, 0.1) is 7.11 Å². The third kappa shape index (κ3) is 5.07. The molecule has 0 saturated carbocycles. The number of amides is 1. The number of nitrogens with zero attached hydrogens (tertiary/aromatic N) is 3. The lowest BCUT2D eigenvalue weighted by Gasteiger charge is -2.17. The van der Waals surface area contributed by atoms with E-state index < -0.39 is 0 Å². The second-order valence-electron chi connectivity index (χ2n) is 6.53. The molecule has 2 aromatic carbocycles. The predicted molar refractivity (Wildman–Crippen MR) is 109 cm³/mol. The molecule has 0 fully saturated rings. The van der Waals surface area contributed by atoms with Crippen molar-refractivity contribution in [1.82, 2.24) is 14.9 Å². The zero-order chi connectivity index (χ0) is 19.9. The van der Waals surface area contributed by atoms with E-state index >= 15 is 0 Å². The van der Waals surface area contributed by atoms with Crippen LogP contribution in [-0.4, -0.2) is 34.9 Å². The minimum absolute atomic E-state index is 0.137. The van der Waals surface area contributed by atoms with Crippen molar-refractivity contribution >= 4 is 11.7 Å². The molecular weight excluding hydrogens is 352 g/mol. The fourth-order valence-electron chi connectivity index (χ4n) is 2.83. The molecule has 6 nitrogen and oxygen atoms in total. The van der Waals surface area contributed by atoms with Gasteiger partial charge in [0, 0.05) is 26.2 Å². The van der Waals surface area contributed by atoms with Crippen LogP contribution in [0.5, 0.6) is 5.75 Å². The molecule has 3 rings (SSSR count). The van der Waals surface area contributed by atoms with Crippen LogP contribution in [-0.2, 0) is 13.1 Å². The first-order valence-corrected chi connectivity index (χ1v) is 9.07. The Hall–Kier alpha value is -3.41. The SMILES string of the molecule is COc1ccc(CNc2cc(C(=O)N(C)Cc3ccccc3)nc(C)n2)cc1. The number of aryl methyl sites for hydroxylation is 1. The van der Waals surface area contributed by atoms with Crippen LogP contribution in [0.3, 0.4) is 0 Å². The van der Waals surface area contributed by atoms with E-state index in [-0.39, 0.29) is 5.91 Å². The molecule has 3 aromatic rings. The number of hydrogen-bond acceptors (Lipinski definition) is 5. The van der Waals surface area contributed by atoms with Gasteiger partial charge in [0.2, 0.25) is 0 Å². The molecule has 0 atom stereocenters. The van der Waals surface area contributed by atoms with Gasteiger partial charge in [-0.05, 0) is 30.2 Å². The molecule has 144 valence electrons. The highest BCUT2D eigenvalue weighted by Crippen LogP contribution is 2.14. The lowest BCUT2D eigenvalue weighted by atomic mass is 10.2. The number of benzene rings is 2. The lowest BCUT2D eigenvalue weighted by Crippen LogP contribution is -2.27. The molecule has 0 bridgehead atoms. The van der Waals surface area contributed by atoms with Gasteiger partial charge in [-0.1, -0.05) is 42.5 Å². The number of hydrogen-bond donors (Lipinski definition) is 1. The Labute approximate surface area is 165 Å². The first-order chi connectivity index (χ1) is 13.5. The number of rotatable bonds is 7. The maximum atomic E-state index is 12.8. The van der Waals surface area contributed by atoms with Gasteiger partial charge in [0.1, 0.15) is 23.1 Å². The molecule has 6 heteroatoms. The Bertz CT molecular complexity index is 927. The van der Waals surface area contributed by atoms with Crippen LogP contribution in [0.15, 0.2) is 60.7 Å². The zero-order valence-corrected chi connectivity index (χ0v) is 16.3. The van der Waals surface area contributed by atoms with E-state index in [0.29, 0.717) is 30.4 Å². The van der Waals surface area contributed by atoms with Gasteiger partial charge in [-0.15, -0.1) is 0 Å². The van der Waals surface area contributed by atoms with E-state index in [0.717, 1.165) is 16.9 Å². The fourth-order valence-corrected chi connectivity index (χ4v) is 2.83. The molecule has 1 aromatic heterocycles. The average Bonchev–Trinajstić information content (AvgIpc) is 2.72. The molecule has 1 N–H and O–H groups in total. The van der Waals surface area contributed by atoms with Crippen LogP contribution in [0, 0.1) is 6.92 Å². The smallest absolute Gasteiger partial charge is 0.272 e. The van der Waals surface area contributed by atoms with Crippen LogP contribution >= 0.6 is 0 Å². The first-order valence-electron chi connectivity index (χ1n) is 9.07. The summed E-state index contributed by atoms with van der Waals surface area (Å²) in [6.07, 6.45) is 0. The van der Waals surface area contributed by atoms with Crippen molar-refractivity contribution in [1.29, 1.82) is 0 Å². The summed E-state index contributed by atoms with van der Waals surface area (Å²) in [5.74, 6) is 1.86. The van der Waals surface area contributed by atoms with E-state index in [1.807, 2.05) is 54.6 Å². The van der Waals surface area contributed by atoms with Gasteiger partial charge in [-0.2, -0.15) is 0 Å². The van der Waals surface area contributed by atoms with Gasteiger partial charge < -0.3 is 15.0 Å². The van der Waals surface area contributed by atoms with Crippen LogP contribution in [0.2, 0.25) is 0 Å². The minimum Gasteiger partial charge on any atom is -0.497 e. The van der Waals surface area contributed by atoms with Crippen LogP contribution < -0.4 is 10.1 Å². The van der Waals surface area contributed by atoms with E-state index in [9.17, 15) is 4.79 Å². The molecule has 0 aliphatic heterocycles. The van der Waals surface area contributed by atoms with Gasteiger partial charge in [0.25, 0.3) is 5.91 Å². The minimum atomic E-state index is -0.137. The topological polar surface area (TPSA) is 67.3 Å². The second kappa shape index (κ2) is 8.99. The predicted octanol–water partition coefficient (Wildman–Crippen LogP) is 3.68. The zero-order valence-electron chi connectivity index (χ0n) is 16.3. The molecule has 0 saturated heterocycles. The molecular formula is C22H24N4O2. The van der Waals surface area contributed by atoms with Crippen molar-refractivity contribution in [2.24, 2.45) is 0 Å². The van der Waals surface area contributed by atoms with Crippen molar-refractivity contribution in [3.63, 3.8) is 0 Å². The van der Waals surface area contributed by atoms with Crippen molar-refractivity contribution in [2.45, 2.75) is 20.0 Å². The van der Waals surface area contributed by atoms with E-state index in [4.69, 9.17) is 4.74 Å². The van der Waals surface area contributed by atoms with Crippen molar-refractivity contribution < 1.29 is 9.53 Å². The Morgan fingerprint density at radius 1 is 1.04 bits per heavy atom. The van der Waals surface area contributed by atoms with E-state index in [1.165, 1.54) is 0 Å². The lowest BCUT2D eigenvalue weighted by molar-refractivity contribution is 0.0779. The Balaban J connectivity index is 1.68. The third-order valence-corrected chi connectivity index (χ3v) is 4.30. The van der Waals surface area contributed by atoms with Gasteiger partial charge in [0.15, 0.2) is 0 Å². The highest BCUT2D eigenvalue weighted by atomic mass is 16.5. The molecule has 0 radical (unpaired) electrons. The van der Waals surface area contributed by atoms with Gasteiger partial charge in [-0.3, -0.25) is 4.79 Å². The molecule has 1 heterocycles. The number of ether oxygens (including phenoxy) is 1. The van der Waals surface area contributed by atoms with E-state index in [1.54, 1.807) is 32.0 Å². The number of methoxy groups -OCH3 is 1.